The van der Waals surface area contributed by atoms with E-state index in [1.165, 1.54) is 6.07 Å². The van der Waals surface area contributed by atoms with Crippen LogP contribution in [0.2, 0.25) is 0 Å². The molecule has 1 N–H and O–H groups in total. The zero-order valence-electron chi connectivity index (χ0n) is 10.9. The van der Waals surface area contributed by atoms with Gasteiger partial charge in [-0.15, -0.1) is 0 Å². The van der Waals surface area contributed by atoms with E-state index in [1.54, 1.807) is 25.5 Å². The number of halogens is 2. The standard InChI is InChI=1S/C15H16F2N2/c1-10(11-6-8-19-9-7-11)15(18-2)12-4-3-5-13(16)14(12)17/h3-10,15,18H,1-2H3. The molecular weight excluding hydrogens is 246 g/mol. The molecule has 100 valence electrons. The number of likely N-dealkylation sites (N-methyl/N-ethyl adjacent to an activating group) is 1. The predicted octanol–water partition coefficient (Wildman–Crippen LogP) is 3.42. The van der Waals surface area contributed by atoms with Gasteiger partial charge in [-0.2, -0.15) is 0 Å². The summed E-state index contributed by atoms with van der Waals surface area (Å²) >= 11 is 0. The van der Waals surface area contributed by atoms with Gasteiger partial charge in [0.05, 0.1) is 0 Å². The topological polar surface area (TPSA) is 24.9 Å². The first-order valence-corrected chi connectivity index (χ1v) is 6.16. The van der Waals surface area contributed by atoms with E-state index in [-0.39, 0.29) is 12.0 Å². The number of nitrogens with zero attached hydrogens (tertiary/aromatic N) is 1. The molecule has 0 aliphatic rings. The average Bonchev–Trinajstić information content (AvgIpc) is 2.45. The Morgan fingerprint density at radius 3 is 2.42 bits per heavy atom. The van der Waals surface area contributed by atoms with Crippen molar-refractivity contribution in [2.24, 2.45) is 0 Å². The van der Waals surface area contributed by atoms with Gasteiger partial charge in [0, 0.05) is 29.9 Å². The fraction of sp³-hybridized carbons (Fsp3) is 0.267. The molecule has 0 aliphatic heterocycles. The van der Waals surface area contributed by atoms with Crippen molar-refractivity contribution in [3.8, 4) is 0 Å². The van der Waals surface area contributed by atoms with Crippen LogP contribution < -0.4 is 5.32 Å². The molecule has 0 fully saturated rings. The Balaban J connectivity index is 2.37. The van der Waals surface area contributed by atoms with E-state index < -0.39 is 11.6 Å². The highest BCUT2D eigenvalue weighted by molar-refractivity contribution is 5.28. The summed E-state index contributed by atoms with van der Waals surface area (Å²) in [5.41, 5.74) is 1.37. The quantitative estimate of drug-likeness (QED) is 0.913. The monoisotopic (exact) mass is 262 g/mol. The largest absolute Gasteiger partial charge is 0.312 e. The molecule has 1 aromatic carbocycles. The van der Waals surface area contributed by atoms with Crippen LogP contribution in [0.15, 0.2) is 42.7 Å². The summed E-state index contributed by atoms with van der Waals surface area (Å²) in [6.45, 7) is 1.97. The highest BCUT2D eigenvalue weighted by atomic mass is 19.2. The van der Waals surface area contributed by atoms with Crippen LogP contribution in [-0.2, 0) is 0 Å². The normalized spacial score (nSPS) is 14.1. The first kappa shape index (κ1) is 13.6. The molecule has 19 heavy (non-hydrogen) atoms. The molecule has 0 aliphatic carbocycles. The molecule has 0 spiro atoms. The average molecular weight is 262 g/mol. The first-order chi connectivity index (χ1) is 9.15. The summed E-state index contributed by atoms with van der Waals surface area (Å²) in [6.07, 6.45) is 3.39. The van der Waals surface area contributed by atoms with Crippen LogP contribution in [0.4, 0.5) is 8.78 Å². The number of pyridine rings is 1. The van der Waals surface area contributed by atoms with Gasteiger partial charge in [-0.25, -0.2) is 8.78 Å². The van der Waals surface area contributed by atoms with E-state index in [4.69, 9.17) is 0 Å². The molecule has 2 nitrogen and oxygen atoms in total. The molecule has 2 rings (SSSR count). The molecule has 0 saturated heterocycles. The minimum Gasteiger partial charge on any atom is -0.312 e. The molecule has 2 unspecified atom stereocenters. The fourth-order valence-corrected chi connectivity index (χ4v) is 2.29. The minimum atomic E-state index is -0.820. The van der Waals surface area contributed by atoms with Crippen LogP contribution in [0.3, 0.4) is 0 Å². The van der Waals surface area contributed by atoms with Gasteiger partial charge >= 0.3 is 0 Å². The van der Waals surface area contributed by atoms with Crippen molar-refractivity contribution in [1.82, 2.24) is 10.3 Å². The maximum Gasteiger partial charge on any atom is 0.163 e. The Bertz CT molecular complexity index is 543. The second-order valence-electron chi connectivity index (χ2n) is 4.48. The summed E-state index contributed by atoms with van der Waals surface area (Å²) in [5.74, 6) is -1.60. The SMILES string of the molecule is CNC(c1cccc(F)c1F)C(C)c1ccncc1. The van der Waals surface area contributed by atoms with Crippen LogP contribution in [0.5, 0.6) is 0 Å². The highest BCUT2D eigenvalue weighted by Crippen LogP contribution is 2.31. The third kappa shape index (κ3) is 2.79. The van der Waals surface area contributed by atoms with E-state index >= 15 is 0 Å². The van der Waals surface area contributed by atoms with Crippen LogP contribution in [0.1, 0.15) is 30.0 Å². The molecule has 1 heterocycles. The third-order valence-corrected chi connectivity index (χ3v) is 3.36. The Kier molecular flexibility index (Phi) is 4.22. The third-order valence-electron chi connectivity index (χ3n) is 3.36. The maximum absolute atomic E-state index is 13.9. The van der Waals surface area contributed by atoms with Crippen molar-refractivity contribution in [3.05, 3.63) is 65.5 Å². The van der Waals surface area contributed by atoms with Gasteiger partial charge in [-0.3, -0.25) is 4.98 Å². The maximum atomic E-state index is 13.9. The van der Waals surface area contributed by atoms with Gasteiger partial charge in [0.15, 0.2) is 11.6 Å². The molecule has 0 saturated carbocycles. The summed E-state index contributed by atoms with van der Waals surface area (Å²) in [4.78, 5) is 3.96. The van der Waals surface area contributed by atoms with E-state index in [1.807, 2.05) is 19.1 Å². The van der Waals surface area contributed by atoms with Gasteiger partial charge in [0.2, 0.25) is 0 Å². The fourth-order valence-electron chi connectivity index (χ4n) is 2.29. The molecular formula is C15H16F2N2. The van der Waals surface area contributed by atoms with Gasteiger partial charge < -0.3 is 5.32 Å². The van der Waals surface area contributed by atoms with Crippen molar-refractivity contribution in [2.75, 3.05) is 7.05 Å². The van der Waals surface area contributed by atoms with Crippen LogP contribution in [0, 0.1) is 11.6 Å². The molecule has 4 heteroatoms. The van der Waals surface area contributed by atoms with Crippen LogP contribution in [0.25, 0.3) is 0 Å². The molecule has 0 radical (unpaired) electrons. The van der Waals surface area contributed by atoms with E-state index in [0.29, 0.717) is 5.56 Å². The number of nitrogens with one attached hydrogen (secondary N) is 1. The Morgan fingerprint density at radius 2 is 1.79 bits per heavy atom. The van der Waals surface area contributed by atoms with Gasteiger partial charge in [-0.1, -0.05) is 19.1 Å². The summed E-state index contributed by atoms with van der Waals surface area (Å²) in [5, 5.41) is 3.06. The number of aromatic nitrogens is 1. The van der Waals surface area contributed by atoms with Gasteiger partial charge in [0.25, 0.3) is 0 Å². The van der Waals surface area contributed by atoms with E-state index in [0.717, 1.165) is 11.6 Å². The number of hydrogen-bond acceptors (Lipinski definition) is 2. The zero-order valence-corrected chi connectivity index (χ0v) is 10.9. The van der Waals surface area contributed by atoms with E-state index in [2.05, 4.69) is 10.3 Å². The number of rotatable bonds is 4. The van der Waals surface area contributed by atoms with Gasteiger partial charge in [0.1, 0.15) is 0 Å². The van der Waals surface area contributed by atoms with Crippen LogP contribution >= 0.6 is 0 Å². The highest BCUT2D eigenvalue weighted by Gasteiger charge is 2.23. The zero-order chi connectivity index (χ0) is 13.8. The Hall–Kier alpha value is -1.81. The van der Waals surface area contributed by atoms with Crippen molar-refractivity contribution in [2.45, 2.75) is 18.9 Å². The van der Waals surface area contributed by atoms with Crippen molar-refractivity contribution < 1.29 is 8.78 Å². The smallest absolute Gasteiger partial charge is 0.163 e. The number of hydrogen-bond donors (Lipinski definition) is 1. The first-order valence-electron chi connectivity index (χ1n) is 6.16. The Morgan fingerprint density at radius 1 is 1.11 bits per heavy atom. The predicted molar refractivity (Wildman–Crippen MR) is 70.8 cm³/mol. The van der Waals surface area contributed by atoms with Crippen molar-refractivity contribution >= 4 is 0 Å². The molecule has 1 aromatic heterocycles. The van der Waals surface area contributed by atoms with Crippen molar-refractivity contribution in [3.63, 3.8) is 0 Å². The number of benzene rings is 1. The minimum absolute atomic E-state index is 0.00398. The molecule has 0 bridgehead atoms. The lowest BCUT2D eigenvalue weighted by Crippen LogP contribution is -2.23. The summed E-state index contributed by atoms with van der Waals surface area (Å²) in [6, 6.07) is 7.73. The molecule has 2 aromatic rings. The van der Waals surface area contributed by atoms with E-state index in [9.17, 15) is 8.78 Å². The lowest BCUT2D eigenvalue weighted by molar-refractivity contribution is 0.447. The van der Waals surface area contributed by atoms with Crippen LogP contribution in [-0.4, -0.2) is 12.0 Å². The summed E-state index contributed by atoms with van der Waals surface area (Å²) in [7, 11) is 1.74. The lowest BCUT2D eigenvalue weighted by atomic mass is 9.89. The molecule has 0 amide bonds. The second-order valence-corrected chi connectivity index (χ2v) is 4.48. The van der Waals surface area contributed by atoms with Gasteiger partial charge in [-0.05, 0) is 30.8 Å². The molecule has 2 atom stereocenters. The van der Waals surface area contributed by atoms with Crippen molar-refractivity contribution in [1.29, 1.82) is 0 Å². The summed E-state index contributed by atoms with van der Waals surface area (Å²) < 4.78 is 27.2. The second kappa shape index (κ2) is 5.89. The Labute approximate surface area is 111 Å². The lowest BCUT2D eigenvalue weighted by Gasteiger charge is -2.24.